The molecular formula is C24H28N4O4S. The summed E-state index contributed by atoms with van der Waals surface area (Å²) >= 11 is 1.44. The number of amides is 1. The van der Waals surface area contributed by atoms with Crippen molar-refractivity contribution >= 4 is 33.4 Å². The van der Waals surface area contributed by atoms with Gasteiger partial charge in [0.25, 0.3) is 0 Å². The average molecular weight is 469 g/mol. The lowest BCUT2D eigenvalue weighted by atomic mass is 10.1. The third-order valence-electron chi connectivity index (χ3n) is 5.39. The lowest BCUT2D eigenvalue weighted by molar-refractivity contribution is 0.0378. The van der Waals surface area contributed by atoms with E-state index in [1.807, 2.05) is 54.6 Å². The van der Waals surface area contributed by atoms with E-state index in [0.717, 1.165) is 48.5 Å². The number of carbonyl (C=O) groups is 1. The summed E-state index contributed by atoms with van der Waals surface area (Å²) in [7, 11) is 0. The van der Waals surface area contributed by atoms with Crippen LogP contribution in [0.5, 0.6) is 5.75 Å². The van der Waals surface area contributed by atoms with Crippen LogP contribution in [0.15, 0.2) is 54.6 Å². The second-order valence-corrected chi connectivity index (χ2v) is 8.77. The maximum Gasteiger partial charge on any atom is 0.407 e. The molecule has 0 saturated carbocycles. The molecule has 2 aromatic carbocycles. The van der Waals surface area contributed by atoms with Crippen LogP contribution in [0.1, 0.15) is 16.5 Å². The Hall–Kier alpha value is -3.14. The maximum atomic E-state index is 12.3. The first-order valence-corrected chi connectivity index (χ1v) is 11.7. The predicted molar refractivity (Wildman–Crippen MR) is 129 cm³/mol. The summed E-state index contributed by atoms with van der Waals surface area (Å²) in [5.41, 5.74) is 6.57. The number of nitrogen functional groups attached to an aromatic ring is 1. The molecule has 1 amide bonds. The van der Waals surface area contributed by atoms with Crippen molar-refractivity contribution < 1.29 is 19.0 Å². The number of hydrogen-bond donors (Lipinski definition) is 3. The SMILES string of the molecule is N=C(N)c1cc2c(OC(COC(=O)NCCN3CCOCC3)c3ccccc3)cccc2s1. The Morgan fingerprint density at radius 2 is 1.97 bits per heavy atom. The number of nitrogens with two attached hydrogens (primary N) is 1. The first-order valence-electron chi connectivity index (χ1n) is 10.9. The van der Waals surface area contributed by atoms with Crippen molar-refractivity contribution in [1.82, 2.24) is 10.2 Å². The van der Waals surface area contributed by atoms with Crippen molar-refractivity contribution in [3.63, 3.8) is 0 Å². The number of carbonyl (C=O) groups excluding carboxylic acids is 1. The van der Waals surface area contributed by atoms with Crippen molar-refractivity contribution in [2.24, 2.45) is 5.73 Å². The second-order valence-electron chi connectivity index (χ2n) is 7.69. The van der Waals surface area contributed by atoms with Gasteiger partial charge in [-0.15, -0.1) is 11.3 Å². The highest BCUT2D eigenvalue weighted by Crippen LogP contribution is 2.35. The fourth-order valence-electron chi connectivity index (χ4n) is 3.63. The van der Waals surface area contributed by atoms with Crippen molar-refractivity contribution in [3.05, 3.63) is 65.0 Å². The normalized spacial score (nSPS) is 15.2. The fraction of sp³-hybridized carbons (Fsp3) is 0.333. The van der Waals surface area contributed by atoms with Gasteiger partial charge in [0.1, 0.15) is 18.2 Å². The largest absolute Gasteiger partial charge is 0.481 e. The molecule has 0 aliphatic carbocycles. The Morgan fingerprint density at radius 3 is 2.73 bits per heavy atom. The standard InChI is InChI=1S/C24H28N4O4S/c25-23(26)22-15-18-19(7-4-8-21(18)33-22)32-20(17-5-2-1-3-6-17)16-31-24(29)27-9-10-28-11-13-30-14-12-28/h1-8,15,20H,9-14,16H2,(H3,25,26)(H,27,29). The first kappa shape index (κ1) is 23.0. The molecule has 9 heteroatoms. The summed E-state index contributed by atoms with van der Waals surface area (Å²) in [5.74, 6) is 0.681. The highest BCUT2D eigenvalue weighted by atomic mass is 32.1. The van der Waals surface area contributed by atoms with Crippen LogP contribution in [0.25, 0.3) is 10.1 Å². The van der Waals surface area contributed by atoms with Crippen molar-refractivity contribution in [1.29, 1.82) is 5.41 Å². The molecule has 8 nitrogen and oxygen atoms in total. The number of ether oxygens (including phenoxy) is 3. The molecule has 1 aliphatic heterocycles. The van der Waals surface area contributed by atoms with Crippen LogP contribution in [0.3, 0.4) is 0 Å². The minimum absolute atomic E-state index is 0.0267. The van der Waals surface area contributed by atoms with Gasteiger partial charge in [-0.2, -0.15) is 0 Å². The van der Waals surface area contributed by atoms with Crippen LogP contribution < -0.4 is 15.8 Å². The number of nitrogens with one attached hydrogen (secondary N) is 2. The summed E-state index contributed by atoms with van der Waals surface area (Å²) in [6.45, 7) is 4.54. The van der Waals surface area contributed by atoms with E-state index in [0.29, 0.717) is 17.2 Å². The van der Waals surface area contributed by atoms with Crippen LogP contribution in [-0.4, -0.2) is 62.8 Å². The molecule has 0 spiro atoms. The number of morpholine rings is 1. The molecular weight excluding hydrogens is 440 g/mol. The van der Waals surface area contributed by atoms with Crippen molar-refractivity contribution in [2.75, 3.05) is 46.0 Å². The highest BCUT2D eigenvalue weighted by Gasteiger charge is 2.19. The molecule has 1 aromatic heterocycles. The molecule has 1 aliphatic rings. The Labute approximate surface area is 196 Å². The van der Waals surface area contributed by atoms with E-state index in [4.69, 9.17) is 25.4 Å². The number of thiophene rings is 1. The van der Waals surface area contributed by atoms with E-state index >= 15 is 0 Å². The molecule has 0 radical (unpaired) electrons. The molecule has 1 saturated heterocycles. The Bertz CT molecular complexity index is 1080. The van der Waals surface area contributed by atoms with E-state index in [-0.39, 0.29) is 12.4 Å². The summed E-state index contributed by atoms with van der Waals surface area (Å²) in [4.78, 5) is 15.2. The van der Waals surface area contributed by atoms with Gasteiger partial charge in [0, 0.05) is 36.3 Å². The van der Waals surface area contributed by atoms with Gasteiger partial charge >= 0.3 is 6.09 Å². The lowest BCUT2D eigenvalue weighted by Gasteiger charge is -2.26. The smallest absolute Gasteiger partial charge is 0.407 e. The minimum atomic E-state index is -0.484. The second kappa shape index (κ2) is 11.1. The van der Waals surface area contributed by atoms with Crippen LogP contribution in [0.2, 0.25) is 0 Å². The number of amidine groups is 1. The number of benzene rings is 2. The minimum Gasteiger partial charge on any atom is -0.481 e. The van der Waals surface area contributed by atoms with Gasteiger partial charge in [-0.3, -0.25) is 10.3 Å². The van der Waals surface area contributed by atoms with Gasteiger partial charge in [-0.25, -0.2) is 4.79 Å². The van der Waals surface area contributed by atoms with E-state index in [1.165, 1.54) is 11.3 Å². The lowest BCUT2D eigenvalue weighted by Crippen LogP contribution is -2.41. The summed E-state index contributed by atoms with van der Waals surface area (Å²) in [6, 6.07) is 17.3. The number of rotatable bonds is 9. The summed E-state index contributed by atoms with van der Waals surface area (Å²) in [6.07, 6.45) is -0.956. The van der Waals surface area contributed by atoms with Gasteiger partial charge in [0.15, 0.2) is 6.10 Å². The maximum absolute atomic E-state index is 12.3. The number of alkyl carbamates (subject to hydrolysis) is 1. The molecule has 1 fully saturated rings. The van der Waals surface area contributed by atoms with E-state index in [2.05, 4.69) is 10.2 Å². The molecule has 1 atom stereocenters. The molecule has 174 valence electrons. The fourth-order valence-corrected chi connectivity index (χ4v) is 4.57. The van der Waals surface area contributed by atoms with Crippen molar-refractivity contribution in [3.8, 4) is 5.75 Å². The summed E-state index contributed by atoms with van der Waals surface area (Å²) in [5, 5.41) is 11.4. The zero-order chi connectivity index (χ0) is 23.0. The molecule has 4 rings (SSSR count). The zero-order valence-electron chi connectivity index (χ0n) is 18.3. The topological polar surface area (TPSA) is 110 Å². The van der Waals surface area contributed by atoms with Crippen molar-refractivity contribution in [2.45, 2.75) is 6.10 Å². The third kappa shape index (κ3) is 6.22. The summed E-state index contributed by atoms with van der Waals surface area (Å²) < 4.78 is 18.1. The first-order chi connectivity index (χ1) is 16.1. The molecule has 0 bridgehead atoms. The number of nitrogens with zero attached hydrogens (tertiary/aromatic N) is 1. The predicted octanol–water partition coefficient (Wildman–Crippen LogP) is 3.36. The van der Waals surface area contributed by atoms with Gasteiger partial charge in [-0.1, -0.05) is 36.4 Å². The Balaban J connectivity index is 1.40. The van der Waals surface area contributed by atoms with E-state index < -0.39 is 12.2 Å². The zero-order valence-corrected chi connectivity index (χ0v) is 19.1. The van der Waals surface area contributed by atoms with Crippen LogP contribution in [-0.2, 0) is 9.47 Å². The van der Waals surface area contributed by atoms with Gasteiger partial charge in [0.05, 0.1) is 18.1 Å². The Morgan fingerprint density at radius 1 is 1.18 bits per heavy atom. The van der Waals surface area contributed by atoms with E-state index in [9.17, 15) is 4.79 Å². The molecule has 1 unspecified atom stereocenters. The molecule has 33 heavy (non-hydrogen) atoms. The molecule has 4 N–H and O–H groups in total. The third-order valence-corrected chi connectivity index (χ3v) is 6.53. The van der Waals surface area contributed by atoms with Gasteiger partial charge < -0.3 is 25.3 Å². The highest BCUT2D eigenvalue weighted by molar-refractivity contribution is 7.20. The average Bonchev–Trinajstić information content (AvgIpc) is 3.29. The quantitative estimate of drug-likeness (QED) is 0.328. The van der Waals surface area contributed by atoms with E-state index in [1.54, 1.807) is 0 Å². The van der Waals surface area contributed by atoms with Gasteiger partial charge in [-0.05, 0) is 23.8 Å². The number of hydrogen-bond acceptors (Lipinski definition) is 7. The van der Waals surface area contributed by atoms with Gasteiger partial charge in [0.2, 0.25) is 0 Å². The number of fused-ring (bicyclic) bond motifs is 1. The van der Waals surface area contributed by atoms with Crippen LogP contribution in [0, 0.1) is 5.41 Å². The monoisotopic (exact) mass is 468 g/mol. The van der Waals surface area contributed by atoms with Crippen LogP contribution >= 0.6 is 11.3 Å². The Kier molecular flexibility index (Phi) is 7.77. The van der Waals surface area contributed by atoms with Crippen LogP contribution in [0.4, 0.5) is 4.79 Å². The molecule has 2 heterocycles. The molecule has 3 aromatic rings.